The number of rotatable bonds is 8. The molecular formula is C27H31N3O2. The molecule has 2 N–H and O–H groups in total. The van der Waals surface area contributed by atoms with Gasteiger partial charge < -0.3 is 15.4 Å². The molecule has 1 amide bonds. The molecule has 1 saturated heterocycles. The molecule has 5 nitrogen and oxygen atoms in total. The van der Waals surface area contributed by atoms with Gasteiger partial charge in [0.2, 0.25) is 5.91 Å². The van der Waals surface area contributed by atoms with E-state index in [-0.39, 0.29) is 18.0 Å². The highest BCUT2D eigenvalue weighted by atomic mass is 16.5. The van der Waals surface area contributed by atoms with Crippen molar-refractivity contribution in [2.24, 2.45) is 0 Å². The molecule has 1 fully saturated rings. The van der Waals surface area contributed by atoms with E-state index in [1.807, 2.05) is 30.3 Å². The number of likely N-dealkylation sites (tertiary alicyclic amines) is 1. The Kier molecular flexibility index (Phi) is 7.20. The minimum atomic E-state index is -0.120. The Morgan fingerprint density at radius 1 is 1.06 bits per heavy atom. The van der Waals surface area contributed by atoms with Crippen LogP contribution in [0.1, 0.15) is 17.5 Å². The summed E-state index contributed by atoms with van der Waals surface area (Å²) in [4.78, 5) is 14.8. The first-order valence-corrected chi connectivity index (χ1v) is 11.1. The van der Waals surface area contributed by atoms with Crippen LogP contribution in [0.3, 0.4) is 0 Å². The number of carbonyl (C=O) groups is 1. The van der Waals surface area contributed by atoms with Crippen LogP contribution in [0.2, 0.25) is 0 Å². The van der Waals surface area contributed by atoms with Crippen LogP contribution < -0.4 is 15.4 Å². The summed E-state index contributed by atoms with van der Waals surface area (Å²) in [6, 6.07) is 22.9. The molecule has 0 aromatic heterocycles. The average Bonchev–Trinajstić information content (AvgIpc) is 3.25. The van der Waals surface area contributed by atoms with Crippen molar-refractivity contribution in [3.8, 4) is 5.75 Å². The SMILES string of the molecule is CNC(=O)[C@@H]1C[C@H](NCc2ccc(OC)c3ccccc23)CN1C/C=C/c1ccccc1. The van der Waals surface area contributed by atoms with Gasteiger partial charge in [0.05, 0.1) is 13.2 Å². The molecule has 166 valence electrons. The normalized spacial score (nSPS) is 18.9. The largest absolute Gasteiger partial charge is 0.496 e. The standard InChI is InChI=1S/C27H31N3O2/c1-28-27(31)25-17-22(19-30(25)16-8-11-20-9-4-3-5-10-20)29-18-21-14-15-26(32-2)24-13-7-6-12-23(21)24/h3-15,22,25,29H,16-19H2,1-2H3,(H,28,31)/b11-8+/t22-,25-/m0/s1. The Balaban J connectivity index is 1.43. The summed E-state index contributed by atoms with van der Waals surface area (Å²) in [6.45, 7) is 2.34. The molecule has 4 rings (SSSR count). The molecule has 0 unspecified atom stereocenters. The second kappa shape index (κ2) is 10.4. The van der Waals surface area contributed by atoms with Crippen molar-refractivity contribution in [3.63, 3.8) is 0 Å². The van der Waals surface area contributed by atoms with Crippen LogP contribution in [0.15, 0.2) is 72.8 Å². The fourth-order valence-corrected chi connectivity index (χ4v) is 4.50. The molecule has 1 heterocycles. The van der Waals surface area contributed by atoms with Gasteiger partial charge in [0, 0.05) is 38.1 Å². The maximum absolute atomic E-state index is 12.5. The minimum absolute atomic E-state index is 0.0808. The smallest absolute Gasteiger partial charge is 0.237 e. The van der Waals surface area contributed by atoms with Gasteiger partial charge in [-0.15, -0.1) is 0 Å². The zero-order valence-electron chi connectivity index (χ0n) is 18.8. The van der Waals surface area contributed by atoms with Gasteiger partial charge in [0.1, 0.15) is 5.75 Å². The van der Waals surface area contributed by atoms with Crippen molar-refractivity contribution in [2.45, 2.75) is 25.0 Å². The Hall–Kier alpha value is -3.15. The summed E-state index contributed by atoms with van der Waals surface area (Å²) in [7, 11) is 3.42. The van der Waals surface area contributed by atoms with E-state index >= 15 is 0 Å². The second-order valence-electron chi connectivity index (χ2n) is 8.18. The van der Waals surface area contributed by atoms with Crippen LogP contribution in [-0.2, 0) is 11.3 Å². The first-order chi connectivity index (χ1) is 15.7. The van der Waals surface area contributed by atoms with Crippen LogP contribution in [-0.4, -0.2) is 50.1 Å². The maximum atomic E-state index is 12.5. The number of benzene rings is 3. The Morgan fingerprint density at radius 3 is 2.56 bits per heavy atom. The molecule has 1 aliphatic heterocycles. The quantitative estimate of drug-likeness (QED) is 0.571. The topological polar surface area (TPSA) is 53.6 Å². The van der Waals surface area contributed by atoms with E-state index in [1.54, 1.807) is 14.2 Å². The molecule has 2 atom stereocenters. The minimum Gasteiger partial charge on any atom is -0.496 e. The zero-order valence-corrected chi connectivity index (χ0v) is 18.8. The summed E-state index contributed by atoms with van der Waals surface area (Å²) < 4.78 is 5.52. The van der Waals surface area contributed by atoms with Crippen LogP contribution in [0.5, 0.6) is 5.75 Å². The Bertz CT molecular complexity index is 1080. The third-order valence-corrected chi connectivity index (χ3v) is 6.18. The first kappa shape index (κ1) is 22.1. The van der Waals surface area contributed by atoms with E-state index in [0.717, 1.165) is 37.2 Å². The number of fused-ring (bicyclic) bond motifs is 1. The van der Waals surface area contributed by atoms with E-state index in [2.05, 4.69) is 64.1 Å². The maximum Gasteiger partial charge on any atom is 0.237 e. The molecule has 32 heavy (non-hydrogen) atoms. The van der Waals surface area contributed by atoms with E-state index in [4.69, 9.17) is 4.74 Å². The Morgan fingerprint density at radius 2 is 1.81 bits per heavy atom. The fraction of sp³-hybridized carbons (Fsp3) is 0.296. The number of methoxy groups -OCH3 is 1. The van der Waals surface area contributed by atoms with Gasteiger partial charge >= 0.3 is 0 Å². The van der Waals surface area contributed by atoms with E-state index in [1.165, 1.54) is 16.5 Å². The van der Waals surface area contributed by atoms with Crippen molar-refractivity contribution in [1.82, 2.24) is 15.5 Å². The van der Waals surface area contributed by atoms with Crippen molar-refractivity contribution in [1.29, 1.82) is 0 Å². The lowest BCUT2D eigenvalue weighted by Gasteiger charge is -2.21. The van der Waals surface area contributed by atoms with Crippen LogP contribution in [0.4, 0.5) is 0 Å². The van der Waals surface area contributed by atoms with Gasteiger partial charge in [-0.1, -0.05) is 72.8 Å². The number of hydrogen-bond acceptors (Lipinski definition) is 4. The zero-order chi connectivity index (χ0) is 22.3. The van der Waals surface area contributed by atoms with Gasteiger partial charge in [0.15, 0.2) is 0 Å². The third kappa shape index (κ3) is 5.01. The molecule has 5 heteroatoms. The van der Waals surface area contributed by atoms with Crippen LogP contribution in [0, 0.1) is 0 Å². The van der Waals surface area contributed by atoms with Gasteiger partial charge in [-0.25, -0.2) is 0 Å². The number of amides is 1. The highest BCUT2D eigenvalue weighted by molar-refractivity contribution is 5.91. The second-order valence-corrected chi connectivity index (χ2v) is 8.18. The number of nitrogens with one attached hydrogen (secondary N) is 2. The summed E-state index contributed by atoms with van der Waals surface area (Å²) in [5.41, 5.74) is 2.41. The van der Waals surface area contributed by atoms with Crippen molar-refractivity contribution in [2.75, 3.05) is 27.2 Å². The fourth-order valence-electron chi connectivity index (χ4n) is 4.50. The predicted octanol–water partition coefficient (Wildman–Crippen LogP) is 3.84. The van der Waals surface area contributed by atoms with Gasteiger partial charge in [0.25, 0.3) is 0 Å². The summed E-state index contributed by atoms with van der Waals surface area (Å²) in [5.74, 6) is 0.971. The monoisotopic (exact) mass is 429 g/mol. The average molecular weight is 430 g/mol. The number of nitrogens with zero attached hydrogens (tertiary/aromatic N) is 1. The molecule has 0 radical (unpaired) electrons. The molecule has 0 saturated carbocycles. The molecule has 1 aliphatic rings. The summed E-state index contributed by atoms with van der Waals surface area (Å²) >= 11 is 0. The molecule has 3 aromatic carbocycles. The summed E-state index contributed by atoms with van der Waals surface area (Å²) in [6.07, 6.45) is 5.06. The number of ether oxygens (including phenoxy) is 1. The molecule has 0 aliphatic carbocycles. The Labute approximate surface area is 190 Å². The number of hydrogen-bond donors (Lipinski definition) is 2. The molecule has 3 aromatic rings. The lowest BCUT2D eigenvalue weighted by Crippen LogP contribution is -2.41. The number of carbonyl (C=O) groups excluding carboxylic acids is 1. The molecule has 0 bridgehead atoms. The van der Waals surface area contributed by atoms with Gasteiger partial charge in [-0.2, -0.15) is 0 Å². The summed E-state index contributed by atoms with van der Waals surface area (Å²) in [5, 5.41) is 8.84. The van der Waals surface area contributed by atoms with Crippen molar-refractivity contribution < 1.29 is 9.53 Å². The van der Waals surface area contributed by atoms with Crippen LogP contribution >= 0.6 is 0 Å². The molecule has 0 spiro atoms. The highest BCUT2D eigenvalue weighted by Crippen LogP contribution is 2.28. The third-order valence-electron chi connectivity index (χ3n) is 6.18. The van der Waals surface area contributed by atoms with Gasteiger partial charge in [-0.3, -0.25) is 9.69 Å². The highest BCUT2D eigenvalue weighted by Gasteiger charge is 2.35. The lowest BCUT2D eigenvalue weighted by atomic mass is 10.0. The molecular weight excluding hydrogens is 398 g/mol. The lowest BCUT2D eigenvalue weighted by molar-refractivity contribution is -0.124. The predicted molar refractivity (Wildman–Crippen MR) is 131 cm³/mol. The van der Waals surface area contributed by atoms with E-state index < -0.39 is 0 Å². The van der Waals surface area contributed by atoms with Crippen molar-refractivity contribution >= 4 is 22.8 Å². The van der Waals surface area contributed by atoms with Crippen molar-refractivity contribution in [3.05, 3.63) is 83.9 Å². The van der Waals surface area contributed by atoms with Crippen LogP contribution in [0.25, 0.3) is 16.8 Å². The number of likely N-dealkylation sites (N-methyl/N-ethyl adjacent to an activating group) is 1. The van der Waals surface area contributed by atoms with Gasteiger partial charge in [-0.05, 0) is 29.0 Å². The first-order valence-electron chi connectivity index (χ1n) is 11.1. The van der Waals surface area contributed by atoms with E-state index in [9.17, 15) is 4.79 Å². The van der Waals surface area contributed by atoms with E-state index in [0.29, 0.717) is 0 Å².